The molecule has 8 nitrogen and oxygen atoms in total. The highest BCUT2D eigenvalue weighted by atomic mass is 32.1. The molecule has 1 N–H and O–H groups in total. The summed E-state index contributed by atoms with van der Waals surface area (Å²) in [5.41, 5.74) is 2.14. The van der Waals surface area contributed by atoms with Gasteiger partial charge in [0.05, 0.1) is 29.0 Å². The highest BCUT2D eigenvalue weighted by Gasteiger charge is 2.33. The summed E-state index contributed by atoms with van der Waals surface area (Å²) in [6.45, 7) is 6.01. The zero-order valence-electron chi connectivity index (χ0n) is 23.3. The van der Waals surface area contributed by atoms with E-state index >= 15 is 0 Å². The molecule has 6 rings (SSSR count). The van der Waals surface area contributed by atoms with Crippen molar-refractivity contribution in [3.05, 3.63) is 109 Å². The lowest BCUT2D eigenvalue weighted by atomic mass is 9.95. The first-order chi connectivity index (χ1) is 19.9. The minimum absolute atomic E-state index is 0.233. The Kier molecular flexibility index (Phi) is 7.36. The number of anilines is 2. The van der Waals surface area contributed by atoms with Gasteiger partial charge in [0.1, 0.15) is 11.5 Å². The number of para-hydroxylation sites is 1. The van der Waals surface area contributed by atoms with Gasteiger partial charge in [-0.25, -0.2) is 4.99 Å². The lowest BCUT2D eigenvalue weighted by Gasteiger charge is -2.29. The molecule has 1 saturated heterocycles. The molecule has 0 bridgehead atoms. The summed E-state index contributed by atoms with van der Waals surface area (Å²) in [5, 5.41) is 2.98. The van der Waals surface area contributed by atoms with Gasteiger partial charge in [-0.2, -0.15) is 0 Å². The van der Waals surface area contributed by atoms with Crippen molar-refractivity contribution >= 4 is 34.9 Å². The maximum atomic E-state index is 14.0. The highest BCUT2D eigenvalue weighted by molar-refractivity contribution is 7.07. The fourth-order valence-electron chi connectivity index (χ4n) is 5.41. The number of carbonyl (C=O) groups is 1. The number of benzene rings is 2. The van der Waals surface area contributed by atoms with E-state index in [2.05, 4.69) is 17.1 Å². The third-order valence-electron chi connectivity index (χ3n) is 7.69. The number of hydrogen-bond donors (Lipinski definition) is 1. The van der Waals surface area contributed by atoms with Gasteiger partial charge in [0.2, 0.25) is 0 Å². The van der Waals surface area contributed by atoms with Crippen LogP contribution in [0.3, 0.4) is 0 Å². The summed E-state index contributed by atoms with van der Waals surface area (Å²) in [5.74, 6) is 2.48. The lowest BCUT2D eigenvalue weighted by Crippen LogP contribution is -2.40. The Morgan fingerprint density at radius 2 is 1.88 bits per heavy atom. The fraction of sp³-hybridized carbons (Fsp3) is 0.281. The van der Waals surface area contributed by atoms with E-state index in [1.54, 1.807) is 17.8 Å². The zero-order chi connectivity index (χ0) is 28.5. The molecular formula is C32H32N4O4S. The number of fused-ring (bicyclic) bond motifs is 1. The first-order valence-corrected chi connectivity index (χ1v) is 14.6. The second kappa shape index (κ2) is 11.2. The summed E-state index contributed by atoms with van der Waals surface area (Å²) < 4.78 is 13.7. The molecule has 1 fully saturated rings. The van der Waals surface area contributed by atoms with Crippen molar-refractivity contribution in [2.75, 3.05) is 30.4 Å². The number of allylic oxidation sites excluding steroid dienone is 1. The second-order valence-corrected chi connectivity index (χ2v) is 11.5. The minimum atomic E-state index is -0.685. The normalized spacial score (nSPS) is 17.8. The number of furan rings is 1. The third-order valence-corrected chi connectivity index (χ3v) is 8.67. The minimum Gasteiger partial charge on any atom is -0.497 e. The molecule has 0 spiro atoms. The highest BCUT2D eigenvalue weighted by Crippen LogP contribution is 2.32. The number of amides is 1. The molecule has 2 aliphatic rings. The Bertz CT molecular complexity index is 1790. The van der Waals surface area contributed by atoms with Crippen LogP contribution < -0.4 is 29.8 Å². The smallest absolute Gasteiger partial charge is 0.271 e. The van der Waals surface area contributed by atoms with E-state index in [-0.39, 0.29) is 11.5 Å². The molecule has 41 heavy (non-hydrogen) atoms. The van der Waals surface area contributed by atoms with E-state index in [0.717, 1.165) is 43.3 Å². The number of ether oxygens (including phenoxy) is 1. The van der Waals surface area contributed by atoms with Crippen LogP contribution in [0.4, 0.5) is 11.6 Å². The number of aromatic nitrogens is 1. The topological polar surface area (TPSA) is 89.1 Å². The molecule has 0 aliphatic carbocycles. The number of nitrogens with one attached hydrogen (secondary N) is 1. The number of methoxy groups -OCH3 is 1. The van der Waals surface area contributed by atoms with Crippen LogP contribution in [-0.2, 0) is 4.79 Å². The molecule has 0 unspecified atom stereocenters. The number of rotatable bonds is 6. The standard InChI is InChI=1S/C32H32N4O4S/c1-20-14-16-35(17-15-20)27-13-12-25(40-27)19-26-31(38)36-29(22-8-7-11-24(18-22)39-3)28(21(2)33-32(36)41-26)30(37)34-23-9-5-4-6-10-23/h4-13,18-20,29H,14-17H2,1-3H3,(H,34,37)/b26-19+/t29-/m0/s1. The number of thiazole rings is 1. The molecule has 2 aliphatic heterocycles. The van der Waals surface area contributed by atoms with Crippen LogP contribution in [-0.4, -0.2) is 30.7 Å². The molecule has 0 saturated carbocycles. The molecular weight excluding hydrogens is 536 g/mol. The molecule has 4 heterocycles. The van der Waals surface area contributed by atoms with Crippen molar-refractivity contribution in [3.8, 4) is 5.75 Å². The van der Waals surface area contributed by atoms with Gasteiger partial charge < -0.3 is 19.4 Å². The molecule has 2 aromatic carbocycles. The summed E-state index contributed by atoms with van der Waals surface area (Å²) in [7, 11) is 1.59. The average molecular weight is 569 g/mol. The Balaban J connectivity index is 1.42. The van der Waals surface area contributed by atoms with Crippen LogP contribution in [0, 0.1) is 5.92 Å². The van der Waals surface area contributed by atoms with Crippen LogP contribution in [0.1, 0.15) is 44.1 Å². The summed E-state index contributed by atoms with van der Waals surface area (Å²) in [4.78, 5) is 35.2. The van der Waals surface area contributed by atoms with Gasteiger partial charge in [0, 0.05) is 30.9 Å². The van der Waals surface area contributed by atoms with Crippen molar-refractivity contribution in [1.82, 2.24) is 4.57 Å². The number of piperidine rings is 1. The van der Waals surface area contributed by atoms with E-state index < -0.39 is 6.04 Å². The number of nitrogens with zero attached hydrogens (tertiary/aromatic N) is 3. The van der Waals surface area contributed by atoms with Gasteiger partial charge in [-0.15, -0.1) is 0 Å². The van der Waals surface area contributed by atoms with Crippen LogP contribution >= 0.6 is 11.3 Å². The molecule has 210 valence electrons. The van der Waals surface area contributed by atoms with E-state index in [0.29, 0.717) is 37.8 Å². The summed E-state index contributed by atoms with van der Waals surface area (Å²) >= 11 is 1.29. The number of hydrogen-bond acceptors (Lipinski definition) is 7. The van der Waals surface area contributed by atoms with Crippen LogP contribution in [0.5, 0.6) is 5.75 Å². The van der Waals surface area contributed by atoms with Gasteiger partial charge in [-0.3, -0.25) is 14.2 Å². The average Bonchev–Trinajstić information content (AvgIpc) is 3.57. The fourth-order valence-corrected chi connectivity index (χ4v) is 6.43. The van der Waals surface area contributed by atoms with E-state index in [4.69, 9.17) is 14.1 Å². The molecule has 2 aromatic heterocycles. The van der Waals surface area contributed by atoms with Crippen LogP contribution in [0.25, 0.3) is 6.08 Å². The van der Waals surface area contributed by atoms with E-state index in [1.165, 1.54) is 11.3 Å². The van der Waals surface area contributed by atoms with Gasteiger partial charge in [0.25, 0.3) is 11.5 Å². The predicted molar refractivity (Wildman–Crippen MR) is 161 cm³/mol. The third kappa shape index (κ3) is 5.37. The van der Waals surface area contributed by atoms with Gasteiger partial charge in [0.15, 0.2) is 10.7 Å². The SMILES string of the molecule is COc1cccc([C@H]2C(C(=O)Nc3ccccc3)=C(C)N=c3s/c(=C/c4ccc(N5CCC(C)CC5)o4)c(=O)n32)c1. The molecule has 1 amide bonds. The summed E-state index contributed by atoms with van der Waals surface area (Å²) in [6.07, 6.45) is 4.04. The Labute approximate surface area is 241 Å². The largest absolute Gasteiger partial charge is 0.497 e. The van der Waals surface area contributed by atoms with Gasteiger partial charge in [-0.1, -0.05) is 48.6 Å². The zero-order valence-corrected chi connectivity index (χ0v) is 24.1. The van der Waals surface area contributed by atoms with E-state index in [9.17, 15) is 9.59 Å². The lowest BCUT2D eigenvalue weighted by molar-refractivity contribution is -0.113. The molecule has 4 aromatic rings. The Hall–Kier alpha value is -4.37. The first-order valence-electron chi connectivity index (χ1n) is 13.8. The van der Waals surface area contributed by atoms with Gasteiger partial charge >= 0.3 is 0 Å². The van der Waals surface area contributed by atoms with Crippen molar-refractivity contribution in [3.63, 3.8) is 0 Å². The first kappa shape index (κ1) is 26.8. The van der Waals surface area contributed by atoms with Crippen LogP contribution in [0.2, 0.25) is 0 Å². The molecule has 1 atom stereocenters. The van der Waals surface area contributed by atoms with E-state index in [1.807, 2.05) is 73.7 Å². The number of carbonyl (C=O) groups excluding carboxylic acids is 1. The monoisotopic (exact) mass is 568 g/mol. The van der Waals surface area contributed by atoms with Crippen molar-refractivity contribution in [2.24, 2.45) is 10.9 Å². The van der Waals surface area contributed by atoms with Gasteiger partial charge in [-0.05, 0) is 61.6 Å². The van der Waals surface area contributed by atoms with Crippen molar-refractivity contribution < 1.29 is 13.9 Å². The Morgan fingerprint density at radius 1 is 1.10 bits per heavy atom. The maximum Gasteiger partial charge on any atom is 0.271 e. The summed E-state index contributed by atoms with van der Waals surface area (Å²) in [6, 6.07) is 19.9. The quantitative estimate of drug-likeness (QED) is 0.364. The second-order valence-electron chi connectivity index (χ2n) is 10.5. The van der Waals surface area contributed by atoms with Crippen molar-refractivity contribution in [1.29, 1.82) is 0 Å². The molecule has 0 radical (unpaired) electrons. The Morgan fingerprint density at radius 3 is 2.63 bits per heavy atom. The maximum absolute atomic E-state index is 14.0. The molecule has 9 heteroatoms. The predicted octanol–water partition coefficient (Wildman–Crippen LogP) is 4.71. The van der Waals surface area contributed by atoms with Crippen molar-refractivity contribution in [2.45, 2.75) is 32.7 Å². The van der Waals surface area contributed by atoms with Crippen LogP contribution in [0.15, 0.2) is 92.2 Å².